The van der Waals surface area contributed by atoms with Gasteiger partial charge in [-0.2, -0.15) is 0 Å². The fraction of sp³-hybridized carbons (Fsp3) is 0.273. The van der Waals surface area contributed by atoms with Gasteiger partial charge in [0.05, 0.1) is 27.4 Å². The molecule has 5 nitrogen and oxygen atoms in total. The number of hydrogen-bond acceptors (Lipinski definition) is 3. The Balaban J connectivity index is 3.12. The van der Waals surface area contributed by atoms with E-state index in [2.05, 4.69) is 5.32 Å². The highest BCUT2D eigenvalue weighted by molar-refractivity contribution is 6.38. The number of anilines is 1. The van der Waals surface area contributed by atoms with Crippen LogP contribution in [0.5, 0.6) is 0 Å². The Hall–Kier alpha value is -1.46. The predicted octanol–water partition coefficient (Wildman–Crippen LogP) is 3.05. The van der Waals surface area contributed by atoms with Crippen LogP contribution >= 0.6 is 23.2 Å². The van der Waals surface area contributed by atoms with E-state index in [4.69, 9.17) is 33.7 Å². The van der Waals surface area contributed by atoms with Crippen LogP contribution < -0.4 is 11.1 Å². The van der Waals surface area contributed by atoms with E-state index >= 15 is 0 Å². The van der Waals surface area contributed by atoms with Crippen LogP contribution in [0.4, 0.5) is 10.5 Å². The van der Waals surface area contributed by atoms with E-state index in [0.29, 0.717) is 0 Å². The van der Waals surface area contributed by atoms with E-state index in [0.717, 1.165) is 0 Å². The number of nitrogens with one attached hydrogen (secondary N) is 1. The number of rotatable bonds is 3. The third kappa shape index (κ3) is 3.78. The maximum atomic E-state index is 11.7. The molecule has 3 N–H and O–H groups in total. The highest BCUT2D eigenvalue weighted by atomic mass is 35.5. The summed E-state index contributed by atoms with van der Waals surface area (Å²) in [6.45, 7) is 3.43. The van der Waals surface area contributed by atoms with Crippen molar-refractivity contribution in [3.63, 3.8) is 0 Å². The minimum Gasteiger partial charge on any atom is -0.459 e. The first-order chi connectivity index (χ1) is 8.31. The van der Waals surface area contributed by atoms with Gasteiger partial charge in [-0.25, -0.2) is 9.59 Å². The van der Waals surface area contributed by atoms with Crippen molar-refractivity contribution in [2.75, 3.05) is 5.32 Å². The third-order valence-corrected chi connectivity index (χ3v) is 2.50. The van der Waals surface area contributed by atoms with E-state index in [-0.39, 0.29) is 27.4 Å². The molecule has 0 aliphatic carbocycles. The minimum absolute atomic E-state index is 0.110. The summed E-state index contributed by atoms with van der Waals surface area (Å²) in [7, 11) is 0. The molecule has 7 heteroatoms. The van der Waals surface area contributed by atoms with Gasteiger partial charge in [-0.15, -0.1) is 0 Å². The molecule has 0 bridgehead atoms. The van der Waals surface area contributed by atoms with E-state index in [1.54, 1.807) is 13.8 Å². The number of halogens is 2. The minimum atomic E-state index is -0.789. The second kappa shape index (κ2) is 5.93. The Morgan fingerprint density at radius 3 is 2.39 bits per heavy atom. The lowest BCUT2D eigenvalue weighted by Crippen LogP contribution is -2.20. The lowest BCUT2D eigenvalue weighted by Gasteiger charge is -2.11. The molecule has 0 aromatic heterocycles. The number of esters is 1. The van der Waals surface area contributed by atoms with Crippen molar-refractivity contribution in [2.45, 2.75) is 20.0 Å². The smallest absolute Gasteiger partial charge is 0.339 e. The summed E-state index contributed by atoms with van der Waals surface area (Å²) in [6, 6.07) is 1.87. The molecule has 0 unspecified atom stereocenters. The topological polar surface area (TPSA) is 81.4 Å². The highest BCUT2D eigenvalue weighted by Crippen LogP contribution is 2.29. The van der Waals surface area contributed by atoms with Gasteiger partial charge in [0.2, 0.25) is 0 Å². The highest BCUT2D eigenvalue weighted by Gasteiger charge is 2.17. The lowest BCUT2D eigenvalue weighted by atomic mass is 10.2. The molecule has 0 saturated carbocycles. The van der Waals surface area contributed by atoms with Gasteiger partial charge in [0.15, 0.2) is 0 Å². The molecular weight excluding hydrogens is 279 g/mol. The van der Waals surface area contributed by atoms with E-state index in [1.807, 2.05) is 0 Å². The monoisotopic (exact) mass is 290 g/mol. The molecule has 1 rings (SSSR count). The normalized spacial score (nSPS) is 10.3. The fourth-order valence-corrected chi connectivity index (χ4v) is 1.72. The molecule has 2 amide bonds. The molecule has 0 saturated heterocycles. The number of carbonyl (C=O) groups is 2. The van der Waals surface area contributed by atoms with Gasteiger partial charge in [0.1, 0.15) is 0 Å². The maximum absolute atomic E-state index is 11.7. The Kier molecular flexibility index (Phi) is 4.81. The first-order valence-electron chi connectivity index (χ1n) is 5.07. The van der Waals surface area contributed by atoms with Crippen LogP contribution in [0.3, 0.4) is 0 Å². The Morgan fingerprint density at radius 2 is 1.89 bits per heavy atom. The van der Waals surface area contributed by atoms with Gasteiger partial charge < -0.3 is 15.8 Å². The zero-order valence-corrected chi connectivity index (χ0v) is 11.3. The molecule has 0 spiro atoms. The number of hydrogen-bond donors (Lipinski definition) is 2. The Morgan fingerprint density at radius 1 is 1.28 bits per heavy atom. The number of amides is 2. The molecule has 0 aliphatic rings. The van der Waals surface area contributed by atoms with Crippen molar-refractivity contribution in [1.29, 1.82) is 0 Å². The van der Waals surface area contributed by atoms with E-state index in [1.165, 1.54) is 12.1 Å². The first-order valence-corrected chi connectivity index (χ1v) is 5.83. The van der Waals surface area contributed by atoms with E-state index < -0.39 is 12.0 Å². The number of ether oxygens (including phenoxy) is 1. The van der Waals surface area contributed by atoms with Crippen LogP contribution in [-0.4, -0.2) is 18.1 Å². The van der Waals surface area contributed by atoms with Crippen molar-refractivity contribution in [3.8, 4) is 0 Å². The van der Waals surface area contributed by atoms with Gasteiger partial charge >= 0.3 is 12.0 Å². The van der Waals surface area contributed by atoms with Crippen LogP contribution in [0.15, 0.2) is 12.1 Å². The standard InChI is InChI=1S/C11H12Cl2N2O3/c1-5(2)18-10(16)6-3-9(15-11(14)17)8(13)4-7(6)12/h3-5H,1-2H3,(H3,14,15,17). The quantitative estimate of drug-likeness (QED) is 0.840. The molecule has 0 atom stereocenters. The lowest BCUT2D eigenvalue weighted by molar-refractivity contribution is 0.0378. The largest absolute Gasteiger partial charge is 0.459 e. The van der Waals surface area contributed by atoms with Gasteiger partial charge in [0, 0.05) is 0 Å². The summed E-state index contributed by atoms with van der Waals surface area (Å²) in [5, 5.41) is 2.61. The zero-order valence-electron chi connectivity index (χ0n) is 9.79. The van der Waals surface area contributed by atoms with Crippen LogP contribution in [0.25, 0.3) is 0 Å². The van der Waals surface area contributed by atoms with Crippen LogP contribution in [0.2, 0.25) is 10.0 Å². The summed E-state index contributed by atoms with van der Waals surface area (Å²) in [4.78, 5) is 22.5. The summed E-state index contributed by atoms with van der Waals surface area (Å²) in [5.41, 5.74) is 5.29. The zero-order chi connectivity index (χ0) is 13.9. The average Bonchev–Trinajstić information content (AvgIpc) is 2.20. The van der Waals surface area contributed by atoms with E-state index in [9.17, 15) is 9.59 Å². The number of benzene rings is 1. The van der Waals surface area contributed by atoms with Crippen molar-refractivity contribution < 1.29 is 14.3 Å². The average molecular weight is 291 g/mol. The number of primary amides is 1. The first kappa shape index (κ1) is 14.6. The number of urea groups is 1. The molecule has 0 radical (unpaired) electrons. The van der Waals surface area contributed by atoms with Gasteiger partial charge in [-0.3, -0.25) is 0 Å². The molecule has 1 aromatic carbocycles. The summed E-state index contributed by atoms with van der Waals surface area (Å²) >= 11 is 11.7. The third-order valence-electron chi connectivity index (χ3n) is 1.88. The summed E-state index contributed by atoms with van der Waals surface area (Å²) in [6.07, 6.45) is -0.281. The fourth-order valence-electron chi connectivity index (χ4n) is 1.21. The molecule has 98 valence electrons. The van der Waals surface area contributed by atoms with Gasteiger partial charge in [-0.05, 0) is 26.0 Å². The molecule has 0 fully saturated rings. The molecule has 0 aliphatic heterocycles. The van der Waals surface area contributed by atoms with Crippen LogP contribution in [0.1, 0.15) is 24.2 Å². The second-order valence-electron chi connectivity index (χ2n) is 3.76. The molecule has 0 heterocycles. The summed E-state index contributed by atoms with van der Waals surface area (Å²) in [5.74, 6) is -0.598. The maximum Gasteiger partial charge on any atom is 0.339 e. The van der Waals surface area contributed by atoms with Crippen molar-refractivity contribution in [3.05, 3.63) is 27.7 Å². The Labute approximate surface area is 114 Å². The van der Waals surface area contributed by atoms with Crippen molar-refractivity contribution in [1.82, 2.24) is 0 Å². The summed E-state index contributed by atoms with van der Waals surface area (Å²) < 4.78 is 5.01. The second-order valence-corrected chi connectivity index (χ2v) is 4.57. The van der Waals surface area contributed by atoms with Gasteiger partial charge in [-0.1, -0.05) is 23.2 Å². The molecular formula is C11H12Cl2N2O3. The molecule has 1 aromatic rings. The van der Waals surface area contributed by atoms with Crippen molar-refractivity contribution in [2.24, 2.45) is 5.73 Å². The molecule has 18 heavy (non-hydrogen) atoms. The number of carbonyl (C=O) groups excluding carboxylic acids is 2. The SMILES string of the molecule is CC(C)OC(=O)c1cc(NC(N)=O)c(Cl)cc1Cl. The van der Waals surface area contributed by atoms with Crippen molar-refractivity contribution >= 4 is 40.9 Å². The van der Waals surface area contributed by atoms with Gasteiger partial charge in [0.25, 0.3) is 0 Å². The van der Waals surface area contributed by atoms with Crippen LogP contribution in [0, 0.1) is 0 Å². The number of nitrogens with two attached hydrogens (primary N) is 1. The predicted molar refractivity (Wildman–Crippen MR) is 70.2 cm³/mol. The van der Waals surface area contributed by atoms with Crippen LogP contribution in [-0.2, 0) is 4.74 Å². The Bertz CT molecular complexity index is 489.